The van der Waals surface area contributed by atoms with Gasteiger partial charge in [0.15, 0.2) is 9.84 Å². The Labute approximate surface area is 125 Å². The van der Waals surface area contributed by atoms with Gasteiger partial charge in [0.05, 0.1) is 29.2 Å². The Morgan fingerprint density at radius 3 is 2.71 bits per heavy atom. The highest BCUT2D eigenvalue weighted by Gasteiger charge is 2.23. The maximum Gasteiger partial charge on any atom is 0.307 e. The molecule has 2 rings (SSSR count). The molecule has 1 N–H and O–H groups in total. The van der Waals surface area contributed by atoms with Crippen molar-refractivity contribution in [2.24, 2.45) is 5.92 Å². The zero-order valence-corrected chi connectivity index (χ0v) is 13.1. The molecule has 1 aromatic heterocycles. The number of carbonyl (C=O) groups is 1. The molecule has 1 saturated carbocycles. The standard InChI is InChI=1S/C14H22N2O4S/c1-11(14(17)18)9-21(19,20)10-12-7-8-16(15-12)13-5-3-2-4-6-13/h7-8,11,13H,2-6,9-10H2,1H3,(H,17,18). The van der Waals surface area contributed by atoms with Gasteiger partial charge in [0.1, 0.15) is 0 Å². The molecule has 1 aromatic rings. The lowest BCUT2D eigenvalue weighted by Gasteiger charge is -2.21. The predicted molar refractivity (Wildman–Crippen MR) is 78.6 cm³/mol. The summed E-state index contributed by atoms with van der Waals surface area (Å²) in [6.07, 6.45) is 7.64. The van der Waals surface area contributed by atoms with Crippen LogP contribution in [-0.2, 0) is 20.4 Å². The molecule has 0 saturated heterocycles. The molecule has 1 heterocycles. The van der Waals surface area contributed by atoms with Crippen LogP contribution < -0.4 is 0 Å². The van der Waals surface area contributed by atoms with Crippen LogP contribution in [0.4, 0.5) is 0 Å². The fraction of sp³-hybridized carbons (Fsp3) is 0.714. The van der Waals surface area contributed by atoms with Crippen molar-refractivity contribution < 1.29 is 18.3 Å². The smallest absolute Gasteiger partial charge is 0.307 e. The van der Waals surface area contributed by atoms with Gasteiger partial charge in [0.2, 0.25) is 0 Å². The molecule has 6 nitrogen and oxygen atoms in total. The molecule has 1 unspecified atom stereocenters. The van der Waals surface area contributed by atoms with E-state index in [1.807, 2.05) is 10.9 Å². The van der Waals surface area contributed by atoms with Crippen molar-refractivity contribution in [3.63, 3.8) is 0 Å². The molecule has 0 amide bonds. The molecule has 1 atom stereocenters. The average Bonchev–Trinajstić information content (AvgIpc) is 2.86. The van der Waals surface area contributed by atoms with Gasteiger partial charge in [-0.3, -0.25) is 9.48 Å². The minimum Gasteiger partial charge on any atom is -0.481 e. The van der Waals surface area contributed by atoms with Crippen molar-refractivity contribution in [2.45, 2.75) is 50.8 Å². The van der Waals surface area contributed by atoms with Gasteiger partial charge < -0.3 is 5.11 Å². The second-order valence-electron chi connectivity index (χ2n) is 5.87. The van der Waals surface area contributed by atoms with E-state index in [0.29, 0.717) is 11.7 Å². The van der Waals surface area contributed by atoms with Crippen LogP contribution >= 0.6 is 0 Å². The Kier molecular flexibility index (Phi) is 5.03. The van der Waals surface area contributed by atoms with Gasteiger partial charge in [-0.1, -0.05) is 26.2 Å². The second kappa shape index (κ2) is 6.60. The summed E-state index contributed by atoms with van der Waals surface area (Å²) in [5.41, 5.74) is 0.498. The molecule has 118 valence electrons. The maximum absolute atomic E-state index is 12.0. The first-order valence-corrected chi connectivity index (χ1v) is 9.17. The van der Waals surface area contributed by atoms with Crippen LogP contribution in [-0.4, -0.2) is 35.0 Å². The molecule has 1 aliphatic rings. The van der Waals surface area contributed by atoms with Gasteiger partial charge in [-0.05, 0) is 18.9 Å². The monoisotopic (exact) mass is 314 g/mol. The van der Waals surface area contributed by atoms with E-state index in [0.717, 1.165) is 12.8 Å². The quantitative estimate of drug-likeness (QED) is 0.867. The highest BCUT2D eigenvalue weighted by molar-refractivity contribution is 7.90. The fourth-order valence-corrected chi connectivity index (χ4v) is 4.37. The van der Waals surface area contributed by atoms with Crippen LogP contribution in [0.15, 0.2) is 12.3 Å². The summed E-state index contributed by atoms with van der Waals surface area (Å²) in [5, 5.41) is 13.2. The molecule has 1 aliphatic carbocycles. The molecule has 0 aromatic carbocycles. The van der Waals surface area contributed by atoms with Crippen LogP contribution in [0, 0.1) is 5.92 Å². The number of sulfone groups is 1. The number of nitrogens with zero attached hydrogens (tertiary/aromatic N) is 2. The lowest BCUT2D eigenvalue weighted by molar-refractivity contribution is -0.140. The molecular formula is C14H22N2O4S. The lowest BCUT2D eigenvalue weighted by Crippen LogP contribution is -2.22. The second-order valence-corrected chi connectivity index (χ2v) is 7.98. The van der Waals surface area contributed by atoms with E-state index in [1.165, 1.54) is 26.2 Å². The Morgan fingerprint density at radius 1 is 1.43 bits per heavy atom. The van der Waals surface area contributed by atoms with E-state index >= 15 is 0 Å². The highest BCUT2D eigenvalue weighted by atomic mass is 32.2. The first-order valence-electron chi connectivity index (χ1n) is 7.34. The zero-order valence-electron chi connectivity index (χ0n) is 12.2. The zero-order chi connectivity index (χ0) is 15.5. The number of hydrogen-bond acceptors (Lipinski definition) is 4. The molecule has 0 aliphatic heterocycles. The molecule has 7 heteroatoms. The fourth-order valence-electron chi connectivity index (χ4n) is 2.74. The first kappa shape index (κ1) is 16.0. The van der Waals surface area contributed by atoms with E-state index in [1.54, 1.807) is 6.07 Å². The predicted octanol–water partition coefficient (Wildman–Crippen LogP) is 2.02. The van der Waals surface area contributed by atoms with Gasteiger partial charge in [0.25, 0.3) is 0 Å². The number of aromatic nitrogens is 2. The van der Waals surface area contributed by atoms with Crippen molar-refractivity contribution in [1.29, 1.82) is 0 Å². The number of hydrogen-bond donors (Lipinski definition) is 1. The highest BCUT2D eigenvalue weighted by Crippen LogP contribution is 2.27. The van der Waals surface area contributed by atoms with E-state index < -0.39 is 21.7 Å². The van der Waals surface area contributed by atoms with E-state index in [2.05, 4.69) is 5.10 Å². The van der Waals surface area contributed by atoms with E-state index in [4.69, 9.17) is 5.11 Å². The number of carboxylic acids is 1. The van der Waals surface area contributed by atoms with Crippen molar-refractivity contribution in [3.05, 3.63) is 18.0 Å². The van der Waals surface area contributed by atoms with Gasteiger partial charge in [-0.25, -0.2) is 8.42 Å². The SMILES string of the molecule is CC(CS(=O)(=O)Cc1ccn(C2CCCCC2)n1)C(=O)O. The number of aliphatic carboxylic acids is 1. The minimum atomic E-state index is -3.45. The van der Waals surface area contributed by atoms with E-state index in [9.17, 15) is 13.2 Å². The Balaban J connectivity index is 1.99. The summed E-state index contributed by atoms with van der Waals surface area (Å²) in [6.45, 7) is 1.40. The summed E-state index contributed by atoms with van der Waals surface area (Å²) >= 11 is 0. The number of rotatable bonds is 6. The normalized spacial score (nSPS) is 18.5. The number of carboxylic acid groups (broad SMARTS) is 1. The summed E-state index contributed by atoms with van der Waals surface area (Å²) in [5.74, 6) is -2.52. The van der Waals surface area contributed by atoms with Crippen LogP contribution in [0.3, 0.4) is 0 Å². The van der Waals surface area contributed by atoms with Crippen LogP contribution in [0.5, 0.6) is 0 Å². The molecule has 21 heavy (non-hydrogen) atoms. The Bertz CT molecular complexity index is 588. The van der Waals surface area contributed by atoms with E-state index in [-0.39, 0.29) is 11.5 Å². The molecule has 0 bridgehead atoms. The maximum atomic E-state index is 12.0. The van der Waals surface area contributed by atoms with Crippen LogP contribution in [0.2, 0.25) is 0 Å². The van der Waals surface area contributed by atoms with Crippen LogP contribution in [0.25, 0.3) is 0 Å². The van der Waals surface area contributed by atoms with Gasteiger partial charge in [-0.15, -0.1) is 0 Å². The third kappa shape index (κ3) is 4.56. The third-order valence-corrected chi connectivity index (χ3v) is 5.65. The molecule has 0 radical (unpaired) electrons. The molecular weight excluding hydrogens is 292 g/mol. The first-order chi connectivity index (χ1) is 9.87. The van der Waals surface area contributed by atoms with Crippen molar-refractivity contribution in [2.75, 3.05) is 5.75 Å². The summed E-state index contributed by atoms with van der Waals surface area (Å²) in [7, 11) is -3.45. The van der Waals surface area contributed by atoms with Crippen molar-refractivity contribution in [1.82, 2.24) is 9.78 Å². The largest absolute Gasteiger partial charge is 0.481 e. The molecule has 0 spiro atoms. The minimum absolute atomic E-state index is 0.190. The Hall–Kier alpha value is -1.37. The summed E-state index contributed by atoms with van der Waals surface area (Å²) < 4.78 is 25.8. The topological polar surface area (TPSA) is 89.3 Å². The molecule has 1 fully saturated rings. The average molecular weight is 314 g/mol. The van der Waals surface area contributed by atoms with Crippen molar-refractivity contribution >= 4 is 15.8 Å². The third-order valence-electron chi connectivity index (χ3n) is 3.91. The summed E-state index contributed by atoms with van der Waals surface area (Å²) in [6, 6.07) is 2.09. The van der Waals surface area contributed by atoms with Gasteiger partial charge in [-0.2, -0.15) is 5.10 Å². The van der Waals surface area contributed by atoms with Gasteiger partial charge in [0, 0.05) is 6.20 Å². The van der Waals surface area contributed by atoms with Crippen molar-refractivity contribution in [3.8, 4) is 0 Å². The van der Waals surface area contributed by atoms with Gasteiger partial charge >= 0.3 is 5.97 Å². The van der Waals surface area contributed by atoms with Crippen LogP contribution in [0.1, 0.15) is 50.8 Å². The Morgan fingerprint density at radius 2 is 2.10 bits per heavy atom. The lowest BCUT2D eigenvalue weighted by atomic mass is 9.96. The summed E-state index contributed by atoms with van der Waals surface area (Å²) in [4.78, 5) is 10.8.